The maximum atomic E-state index is 11.7. The molecule has 5 heteroatoms. The van der Waals surface area contributed by atoms with Crippen molar-refractivity contribution >= 4 is 6.09 Å². The Hall–Kier alpha value is -0.810. The minimum absolute atomic E-state index is 0.0462. The smallest absolute Gasteiger partial charge is 0.410 e. The molecule has 15 heavy (non-hydrogen) atoms. The monoisotopic (exact) mass is 216 g/mol. The molecular weight excluding hydrogens is 196 g/mol. The number of hydrogen-bond donors (Lipinski definition) is 2. The molecule has 0 radical (unpaired) electrons. The highest BCUT2D eigenvalue weighted by Gasteiger charge is 2.31. The summed E-state index contributed by atoms with van der Waals surface area (Å²) in [5, 5.41) is 8.63. The fourth-order valence-corrected chi connectivity index (χ4v) is 1.71. The molecule has 1 unspecified atom stereocenters. The van der Waals surface area contributed by atoms with E-state index in [0.717, 1.165) is 12.8 Å². The Labute approximate surface area is 90.4 Å². The van der Waals surface area contributed by atoms with Crippen molar-refractivity contribution in [2.24, 2.45) is 0 Å². The summed E-state index contributed by atoms with van der Waals surface area (Å²) in [7, 11) is 0. The Morgan fingerprint density at radius 2 is 2.27 bits per heavy atom. The van der Waals surface area contributed by atoms with Gasteiger partial charge < -0.3 is 14.8 Å². The Bertz CT molecular complexity index is 225. The molecule has 1 amide bonds. The molecule has 0 aliphatic carbocycles. The van der Waals surface area contributed by atoms with Crippen molar-refractivity contribution in [1.29, 1.82) is 0 Å². The van der Waals surface area contributed by atoms with Crippen molar-refractivity contribution < 1.29 is 14.7 Å². The van der Waals surface area contributed by atoms with Gasteiger partial charge in [-0.2, -0.15) is 0 Å². The highest BCUT2D eigenvalue weighted by Crippen LogP contribution is 2.20. The number of hydroxylamine groups is 1. The maximum absolute atomic E-state index is 11.7. The third-order valence-corrected chi connectivity index (χ3v) is 2.33. The van der Waals surface area contributed by atoms with Crippen molar-refractivity contribution in [3.63, 3.8) is 0 Å². The van der Waals surface area contributed by atoms with E-state index in [2.05, 4.69) is 5.48 Å². The zero-order chi connectivity index (χ0) is 11.5. The molecule has 0 aromatic heterocycles. The first kappa shape index (κ1) is 12.3. The Morgan fingerprint density at radius 3 is 2.80 bits per heavy atom. The number of rotatable bonds is 2. The number of amides is 1. The minimum atomic E-state index is -0.461. The van der Waals surface area contributed by atoms with E-state index in [1.165, 1.54) is 0 Å². The lowest BCUT2D eigenvalue weighted by molar-refractivity contribution is 0.0195. The molecule has 1 atom stereocenters. The van der Waals surface area contributed by atoms with Gasteiger partial charge in [-0.15, -0.1) is 0 Å². The fraction of sp³-hybridized carbons (Fsp3) is 0.900. The molecule has 0 bridgehead atoms. The van der Waals surface area contributed by atoms with Crippen LogP contribution in [0.1, 0.15) is 33.6 Å². The van der Waals surface area contributed by atoms with Crippen molar-refractivity contribution in [2.75, 3.05) is 13.1 Å². The van der Waals surface area contributed by atoms with E-state index < -0.39 is 5.60 Å². The van der Waals surface area contributed by atoms with Gasteiger partial charge in [0.15, 0.2) is 0 Å². The third-order valence-electron chi connectivity index (χ3n) is 2.33. The summed E-state index contributed by atoms with van der Waals surface area (Å²) in [5.74, 6) is 0. The molecule has 2 N–H and O–H groups in total. The summed E-state index contributed by atoms with van der Waals surface area (Å²) >= 11 is 0. The second-order valence-corrected chi connectivity index (χ2v) is 4.83. The Morgan fingerprint density at radius 1 is 1.60 bits per heavy atom. The summed E-state index contributed by atoms with van der Waals surface area (Å²) in [5.41, 5.74) is 1.65. The van der Waals surface area contributed by atoms with Crippen LogP contribution in [0.2, 0.25) is 0 Å². The average molecular weight is 216 g/mol. The van der Waals surface area contributed by atoms with Crippen molar-refractivity contribution in [2.45, 2.75) is 45.3 Å². The summed E-state index contributed by atoms with van der Waals surface area (Å²) in [6.45, 7) is 6.65. The standard InChI is InChI=1S/C10H20N2O3/c1-10(2,3)15-9(13)12-6-4-5-8(12)7-11-14/h8,11,14H,4-7H2,1-3H3. The molecule has 1 heterocycles. The van der Waals surface area contributed by atoms with Crippen LogP contribution in [-0.4, -0.2) is 40.9 Å². The number of ether oxygens (including phenoxy) is 1. The zero-order valence-corrected chi connectivity index (χ0v) is 9.62. The van der Waals surface area contributed by atoms with Gasteiger partial charge in [-0.1, -0.05) is 0 Å². The molecule has 88 valence electrons. The van der Waals surface area contributed by atoms with E-state index in [-0.39, 0.29) is 12.1 Å². The fourth-order valence-electron chi connectivity index (χ4n) is 1.71. The predicted molar refractivity (Wildman–Crippen MR) is 55.8 cm³/mol. The minimum Gasteiger partial charge on any atom is -0.444 e. The Kier molecular flexibility index (Phi) is 3.93. The van der Waals surface area contributed by atoms with Crippen LogP contribution < -0.4 is 5.48 Å². The quantitative estimate of drug-likeness (QED) is 0.684. The van der Waals surface area contributed by atoms with Gasteiger partial charge in [0, 0.05) is 19.1 Å². The zero-order valence-electron chi connectivity index (χ0n) is 9.62. The van der Waals surface area contributed by atoms with E-state index in [9.17, 15) is 4.79 Å². The molecule has 1 rings (SSSR count). The lowest BCUT2D eigenvalue weighted by Crippen LogP contribution is -2.43. The van der Waals surface area contributed by atoms with Gasteiger partial charge in [-0.25, -0.2) is 10.3 Å². The lowest BCUT2D eigenvalue weighted by Gasteiger charge is -2.28. The number of nitrogens with zero attached hydrogens (tertiary/aromatic N) is 1. The third kappa shape index (κ3) is 3.68. The molecule has 0 aromatic rings. The normalized spacial score (nSPS) is 21.9. The first-order valence-corrected chi connectivity index (χ1v) is 5.30. The maximum Gasteiger partial charge on any atom is 0.410 e. The molecule has 0 spiro atoms. The average Bonchev–Trinajstić information content (AvgIpc) is 2.49. The number of likely N-dealkylation sites (tertiary alicyclic amines) is 1. The molecular formula is C10H20N2O3. The first-order valence-electron chi connectivity index (χ1n) is 5.30. The van der Waals surface area contributed by atoms with E-state index in [0.29, 0.717) is 13.1 Å². The van der Waals surface area contributed by atoms with Crippen LogP contribution in [0, 0.1) is 0 Å². The van der Waals surface area contributed by atoms with Crippen LogP contribution in [0.15, 0.2) is 0 Å². The summed E-state index contributed by atoms with van der Waals surface area (Å²) < 4.78 is 5.28. The lowest BCUT2D eigenvalue weighted by atomic mass is 10.2. The van der Waals surface area contributed by atoms with Crippen molar-refractivity contribution in [1.82, 2.24) is 10.4 Å². The number of carbonyl (C=O) groups excluding carboxylic acids is 1. The van der Waals surface area contributed by atoms with Gasteiger partial charge in [-0.05, 0) is 33.6 Å². The second kappa shape index (κ2) is 4.81. The second-order valence-electron chi connectivity index (χ2n) is 4.83. The van der Waals surface area contributed by atoms with E-state index >= 15 is 0 Å². The van der Waals surface area contributed by atoms with Crippen LogP contribution >= 0.6 is 0 Å². The van der Waals surface area contributed by atoms with Crippen molar-refractivity contribution in [3.05, 3.63) is 0 Å². The van der Waals surface area contributed by atoms with Gasteiger partial charge in [0.1, 0.15) is 5.60 Å². The largest absolute Gasteiger partial charge is 0.444 e. The number of hydrogen-bond acceptors (Lipinski definition) is 4. The van der Waals surface area contributed by atoms with E-state index in [1.807, 2.05) is 20.8 Å². The number of carbonyl (C=O) groups is 1. The predicted octanol–water partition coefficient (Wildman–Crippen LogP) is 1.36. The highest BCUT2D eigenvalue weighted by atomic mass is 16.6. The molecule has 1 aliphatic heterocycles. The highest BCUT2D eigenvalue weighted by molar-refractivity contribution is 5.68. The SMILES string of the molecule is CC(C)(C)OC(=O)N1CCCC1CNO. The van der Waals surface area contributed by atoms with Gasteiger partial charge in [0.25, 0.3) is 0 Å². The van der Waals surface area contributed by atoms with Crippen LogP contribution in [-0.2, 0) is 4.74 Å². The summed E-state index contributed by atoms with van der Waals surface area (Å²) in [4.78, 5) is 13.4. The van der Waals surface area contributed by atoms with Crippen LogP contribution in [0.4, 0.5) is 4.79 Å². The summed E-state index contributed by atoms with van der Waals surface area (Å²) in [6, 6.07) is 0.0462. The van der Waals surface area contributed by atoms with Crippen LogP contribution in [0.3, 0.4) is 0 Å². The summed E-state index contributed by atoms with van der Waals surface area (Å²) in [6.07, 6.45) is 1.58. The van der Waals surface area contributed by atoms with Gasteiger partial charge >= 0.3 is 6.09 Å². The van der Waals surface area contributed by atoms with Gasteiger partial charge in [-0.3, -0.25) is 0 Å². The molecule has 0 aromatic carbocycles. The molecule has 1 saturated heterocycles. The van der Waals surface area contributed by atoms with Crippen molar-refractivity contribution in [3.8, 4) is 0 Å². The molecule has 5 nitrogen and oxygen atoms in total. The van der Waals surface area contributed by atoms with E-state index in [4.69, 9.17) is 9.94 Å². The molecule has 1 fully saturated rings. The first-order chi connectivity index (χ1) is 6.94. The van der Waals surface area contributed by atoms with Crippen LogP contribution in [0.5, 0.6) is 0 Å². The van der Waals surface area contributed by atoms with Gasteiger partial charge in [0.2, 0.25) is 0 Å². The van der Waals surface area contributed by atoms with Gasteiger partial charge in [0.05, 0.1) is 0 Å². The number of nitrogens with one attached hydrogen (secondary N) is 1. The molecule has 0 saturated carbocycles. The Balaban J connectivity index is 2.51. The van der Waals surface area contributed by atoms with Crippen LogP contribution in [0.25, 0.3) is 0 Å². The topological polar surface area (TPSA) is 61.8 Å². The molecule has 1 aliphatic rings. The van der Waals surface area contributed by atoms with E-state index in [1.54, 1.807) is 4.90 Å².